The summed E-state index contributed by atoms with van der Waals surface area (Å²) in [6.07, 6.45) is 0.498. The van der Waals surface area contributed by atoms with Gasteiger partial charge in [0.05, 0.1) is 24.0 Å². The summed E-state index contributed by atoms with van der Waals surface area (Å²) in [6.45, 7) is 5.75. The number of hydrogen-bond acceptors (Lipinski definition) is 7. The van der Waals surface area contributed by atoms with Gasteiger partial charge in [0.15, 0.2) is 0 Å². The normalized spacial score (nSPS) is 21.1. The number of halogens is 3. The van der Waals surface area contributed by atoms with Crippen molar-refractivity contribution < 1.29 is 22.7 Å². The highest BCUT2D eigenvalue weighted by Gasteiger charge is 2.44. The number of ether oxygens (including phenoxy) is 1. The SMILES string of the molecule is C[C@@H]1CN(c2cccc(NC(=O)c3ccc(NSCC(F)(F)F)cc3N3CCC4(CC3)CC4)n2)CCO1. The molecular formula is C26H32F3N5O2S. The Morgan fingerprint density at radius 3 is 2.62 bits per heavy atom. The molecule has 1 amide bonds. The van der Waals surface area contributed by atoms with E-state index in [-0.39, 0.29) is 12.0 Å². The van der Waals surface area contributed by atoms with Crippen LogP contribution in [0.3, 0.4) is 0 Å². The largest absolute Gasteiger partial charge is 0.399 e. The second kappa shape index (κ2) is 10.6. The maximum absolute atomic E-state index is 13.4. The number of nitrogens with zero attached hydrogens (tertiary/aromatic N) is 3. The number of aromatic nitrogens is 1. The fourth-order valence-corrected chi connectivity index (χ4v) is 5.56. The zero-order chi connectivity index (χ0) is 26.0. The average molecular weight is 536 g/mol. The van der Waals surface area contributed by atoms with E-state index in [1.807, 2.05) is 19.1 Å². The van der Waals surface area contributed by atoms with Gasteiger partial charge in [-0.2, -0.15) is 13.2 Å². The predicted molar refractivity (Wildman–Crippen MR) is 142 cm³/mol. The van der Waals surface area contributed by atoms with Crippen molar-refractivity contribution in [2.24, 2.45) is 5.41 Å². The first-order chi connectivity index (χ1) is 17.7. The predicted octanol–water partition coefficient (Wildman–Crippen LogP) is 5.56. The minimum atomic E-state index is -4.26. The Morgan fingerprint density at radius 2 is 1.92 bits per heavy atom. The second-order valence-electron chi connectivity index (χ2n) is 10.2. The van der Waals surface area contributed by atoms with Crippen LogP contribution in [0.1, 0.15) is 43.0 Å². The molecule has 3 fully saturated rings. The number of hydrogen-bond donors (Lipinski definition) is 2. The van der Waals surface area contributed by atoms with E-state index in [1.165, 1.54) is 12.8 Å². The monoisotopic (exact) mass is 535 g/mol. The van der Waals surface area contributed by atoms with Gasteiger partial charge in [0.2, 0.25) is 0 Å². The number of pyridine rings is 1. The highest BCUT2D eigenvalue weighted by atomic mass is 32.2. The summed E-state index contributed by atoms with van der Waals surface area (Å²) in [5.41, 5.74) is 2.20. The Morgan fingerprint density at radius 1 is 1.14 bits per heavy atom. The molecule has 7 nitrogen and oxygen atoms in total. The molecule has 2 N–H and O–H groups in total. The third kappa shape index (κ3) is 6.62. The smallest absolute Gasteiger partial charge is 0.375 e. The Bertz CT molecular complexity index is 1120. The first kappa shape index (κ1) is 26.0. The molecule has 1 aromatic heterocycles. The first-order valence-corrected chi connectivity index (χ1v) is 13.7. The number of benzene rings is 1. The lowest BCUT2D eigenvalue weighted by Gasteiger charge is -2.35. The maximum Gasteiger partial charge on any atom is 0.399 e. The van der Waals surface area contributed by atoms with E-state index in [9.17, 15) is 18.0 Å². The summed E-state index contributed by atoms with van der Waals surface area (Å²) in [5, 5.41) is 2.93. The lowest BCUT2D eigenvalue weighted by Crippen LogP contribution is -2.41. The molecule has 11 heteroatoms. The zero-order valence-electron chi connectivity index (χ0n) is 20.8. The van der Waals surface area contributed by atoms with E-state index in [2.05, 4.69) is 24.8 Å². The van der Waals surface area contributed by atoms with E-state index in [1.54, 1.807) is 24.3 Å². The molecule has 1 spiro atoms. The highest BCUT2D eigenvalue weighted by molar-refractivity contribution is 8.00. The maximum atomic E-state index is 13.4. The molecule has 0 bridgehead atoms. The summed E-state index contributed by atoms with van der Waals surface area (Å²) in [7, 11) is 0. The van der Waals surface area contributed by atoms with Gasteiger partial charge in [-0.1, -0.05) is 6.07 Å². The molecule has 5 rings (SSSR count). The Kier molecular flexibility index (Phi) is 7.44. The molecule has 200 valence electrons. The van der Waals surface area contributed by atoms with Gasteiger partial charge in [0, 0.05) is 31.9 Å². The van der Waals surface area contributed by atoms with Gasteiger partial charge < -0.3 is 24.6 Å². The molecule has 3 heterocycles. The second-order valence-corrected chi connectivity index (χ2v) is 11.0. The number of carbonyl (C=O) groups excluding carboxylic acids is 1. The topological polar surface area (TPSA) is 69.7 Å². The van der Waals surface area contributed by atoms with E-state index >= 15 is 0 Å². The van der Waals surface area contributed by atoms with Gasteiger partial charge in [0.1, 0.15) is 17.4 Å². The first-order valence-electron chi connectivity index (χ1n) is 12.7. The van der Waals surface area contributed by atoms with Crippen molar-refractivity contribution in [1.82, 2.24) is 4.98 Å². The third-order valence-electron chi connectivity index (χ3n) is 7.33. The van der Waals surface area contributed by atoms with Crippen molar-refractivity contribution >= 4 is 40.9 Å². The van der Waals surface area contributed by atoms with E-state index in [0.717, 1.165) is 50.5 Å². The van der Waals surface area contributed by atoms with Crippen molar-refractivity contribution in [3.8, 4) is 0 Å². The number of morpholine rings is 1. The molecule has 0 radical (unpaired) electrons. The lowest BCUT2D eigenvalue weighted by molar-refractivity contribution is -0.105. The number of alkyl halides is 3. The quantitative estimate of drug-likeness (QED) is 0.450. The van der Waals surface area contributed by atoms with Gasteiger partial charge in [0.25, 0.3) is 5.91 Å². The fourth-order valence-electron chi connectivity index (χ4n) is 5.03. The number of carbonyl (C=O) groups is 1. The summed E-state index contributed by atoms with van der Waals surface area (Å²) < 4.78 is 46.2. The number of nitrogens with one attached hydrogen (secondary N) is 2. The van der Waals surface area contributed by atoms with Crippen molar-refractivity contribution in [3.05, 3.63) is 42.0 Å². The summed E-state index contributed by atoms with van der Waals surface area (Å²) in [6, 6.07) is 10.6. The standard InChI is InChI=1S/C26H32F3N5O2S/c1-18-16-34(13-14-36-18)23-4-2-3-22(30-23)31-24(35)20-6-5-19(32-37-17-26(27,28)29)15-21(20)33-11-9-25(7-8-25)10-12-33/h2-6,15,18,32H,7-14,16-17H2,1H3,(H,30,31,35)/t18-/m1/s1. The van der Waals surface area contributed by atoms with Crippen LogP contribution in [0.4, 0.5) is 36.2 Å². The Labute approximate surface area is 219 Å². The van der Waals surface area contributed by atoms with Crippen molar-refractivity contribution in [2.45, 2.75) is 44.9 Å². The van der Waals surface area contributed by atoms with Crippen LogP contribution in [0.5, 0.6) is 0 Å². The van der Waals surface area contributed by atoms with Crippen LogP contribution in [-0.2, 0) is 4.74 Å². The minimum absolute atomic E-state index is 0.108. The van der Waals surface area contributed by atoms with Gasteiger partial charge in [-0.3, -0.25) is 4.79 Å². The van der Waals surface area contributed by atoms with Crippen LogP contribution >= 0.6 is 11.9 Å². The molecule has 3 aliphatic rings. The molecule has 1 aromatic carbocycles. The number of rotatable bonds is 7. The molecule has 1 saturated carbocycles. The van der Waals surface area contributed by atoms with Crippen LogP contribution in [0.25, 0.3) is 0 Å². The highest BCUT2D eigenvalue weighted by Crippen LogP contribution is 2.54. The van der Waals surface area contributed by atoms with E-state index < -0.39 is 11.9 Å². The Balaban J connectivity index is 1.33. The number of anilines is 4. The average Bonchev–Trinajstić information content (AvgIpc) is 3.62. The number of piperidine rings is 1. The van der Waals surface area contributed by atoms with Crippen LogP contribution in [0.2, 0.25) is 0 Å². The van der Waals surface area contributed by atoms with Crippen LogP contribution in [-0.4, -0.2) is 61.7 Å². The van der Waals surface area contributed by atoms with Crippen molar-refractivity contribution in [3.63, 3.8) is 0 Å². The molecule has 2 saturated heterocycles. The minimum Gasteiger partial charge on any atom is -0.375 e. The fraction of sp³-hybridized carbons (Fsp3) is 0.538. The molecule has 2 aromatic rings. The third-order valence-corrected chi connectivity index (χ3v) is 8.18. The van der Waals surface area contributed by atoms with Gasteiger partial charge >= 0.3 is 6.18 Å². The molecule has 1 aliphatic carbocycles. The Hall–Kier alpha value is -2.66. The summed E-state index contributed by atoms with van der Waals surface area (Å²) >= 11 is 0.593. The van der Waals surface area contributed by atoms with Crippen LogP contribution < -0.4 is 19.8 Å². The summed E-state index contributed by atoms with van der Waals surface area (Å²) in [4.78, 5) is 22.4. The van der Waals surface area contributed by atoms with Gasteiger partial charge in [-0.15, -0.1) is 0 Å². The van der Waals surface area contributed by atoms with Gasteiger partial charge in [-0.25, -0.2) is 4.98 Å². The van der Waals surface area contributed by atoms with E-state index in [4.69, 9.17) is 4.74 Å². The van der Waals surface area contributed by atoms with Crippen LogP contribution in [0.15, 0.2) is 36.4 Å². The van der Waals surface area contributed by atoms with Crippen molar-refractivity contribution in [1.29, 1.82) is 0 Å². The van der Waals surface area contributed by atoms with E-state index in [0.29, 0.717) is 41.0 Å². The van der Waals surface area contributed by atoms with Crippen molar-refractivity contribution in [2.75, 3.05) is 58.4 Å². The molecule has 0 unspecified atom stereocenters. The van der Waals surface area contributed by atoms with Gasteiger partial charge in [-0.05, 0) is 80.3 Å². The zero-order valence-corrected chi connectivity index (χ0v) is 21.6. The molecule has 1 atom stereocenters. The number of amides is 1. The summed E-state index contributed by atoms with van der Waals surface area (Å²) in [5.74, 6) is -0.0664. The molecule has 2 aliphatic heterocycles. The molecular weight excluding hydrogens is 503 g/mol. The molecule has 37 heavy (non-hydrogen) atoms. The lowest BCUT2D eigenvalue weighted by atomic mass is 9.93. The van der Waals surface area contributed by atoms with Crippen LogP contribution in [0, 0.1) is 5.41 Å².